The van der Waals surface area contributed by atoms with Gasteiger partial charge in [-0.15, -0.1) is 0 Å². The van der Waals surface area contributed by atoms with E-state index < -0.39 is 15.7 Å². The van der Waals surface area contributed by atoms with Crippen LogP contribution in [0.3, 0.4) is 0 Å². The van der Waals surface area contributed by atoms with Crippen molar-refractivity contribution in [2.24, 2.45) is 5.92 Å². The van der Waals surface area contributed by atoms with Gasteiger partial charge in [0.2, 0.25) is 0 Å². The minimum absolute atomic E-state index is 0.132. The molecular weight excluding hydrogens is 253 g/mol. The van der Waals surface area contributed by atoms with Crippen LogP contribution in [0.4, 0.5) is 4.39 Å². The lowest BCUT2D eigenvalue weighted by molar-refractivity contribution is 0.370. The highest BCUT2D eigenvalue weighted by molar-refractivity contribution is 7.90. The summed E-state index contributed by atoms with van der Waals surface area (Å²) in [6, 6.07) is 4.28. The zero-order chi connectivity index (χ0) is 13.2. The van der Waals surface area contributed by atoms with E-state index in [0.717, 1.165) is 32.2 Å². The molecule has 1 fully saturated rings. The van der Waals surface area contributed by atoms with E-state index >= 15 is 0 Å². The lowest BCUT2D eigenvalue weighted by Crippen LogP contribution is -2.31. The van der Waals surface area contributed by atoms with E-state index in [1.165, 1.54) is 18.2 Å². The summed E-state index contributed by atoms with van der Waals surface area (Å²) in [7, 11) is -3.37. The fourth-order valence-electron chi connectivity index (χ4n) is 2.47. The monoisotopic (exact) mass is 271 g/mol. The second-order valence-electron chi connectivity index (χ2n) is 4.91. The van der Waals surface area contributed by atoms with Crippen LogP contribution < -0.4 is 5.32 Å². The summed E-state index contributed by atoms with van der Waals surface area (Å²) in [5.41, 5.74) is 0.341. The largest absolute Gasteiger partial charge is 0.316 e. The second kappa shape index (κ2) is 5.36. The normalized spacial score (nSPS) is 20.9. The van der Waals surface area contributed by atoms with Crippen LogP contribution in [0.5, 0.6) is 0 Å². The average molecular weight is 271 g/mol. The first kappa shape index (κ1) is 13.5. The van der Waals surface area contributed by atoms with E-state index in [2.05, 4.69) is 5.32 Å². The number of hydrogen-bond acceptors (Lipinski definition) is 3. The van der Waals surface area contributed by atoms with Crippen LogP contribution in [-0.2, 0) is 16.3 Å². The molecule has 5 heteroatoms. The molecule has 0 aromatic heterocycles. The predicted octanol–water partition coefficient (Wildman–Crippen LogP) is 1.77. The molecule has 1 aliphatic rings. The average Bonchev–Trinajstić information content (AvgIpc) is 2.32. The Hall–Kier alpha value is -0.940. The maximum absolute atomic E-state index is 13.9. The highest BCUT2D eigenvalue weighted by Crippen LogP contribution is 2.24. The smallest absolute Gasteiger partial charge is 0.175 e. The number of piperidine rings is 1. The van der Waals surface area contributed by atoms with Crippen molar-refractivity contribution in [1.29, 1.82) is 0 Å². The van der Waals surface area contributed by atoms with Gasteiger partial charge >= 0.3 is 0 Å². The van der Waals surface area contributed by atoms with Gasteiger partial charge in [0.15, 0.2) is 9.84 Å². The summed E-state index contributed by atoms with van der Waals surface area (Å²) in [6.45, 7) is 1.82. The Morgan fingerprint density at radius 1 is 1.44 bits per heavy atom. The Labute approximate surface area is 107 Å². The fraction of sp³-hybridized carbons (Fsp3) is 0.538. The van der Waals surface area contributed by atoms with Crippen molar-refractivity contribution in [3.63, 3.8) is 0 Å². The van der Waals surface area contributed by atoms with E-state index in [1.807, 2.05) is 0 Å². The van der Waals surface area contributed by atoms with E-state index in [-0.39, 0.29) is 4.90 Å². The van der Waals surface area contributed by atoms with Gasteiger partial charge in [-0.3, -0.25) is 0 Å². The standard InChI is InChI=1S/C13H18FNO2S/c1-18(16,17)13-6-2-5-12(14)11(13)8-10-4-3-7-15-9-10/h2,5-6,10,15H,3-4,7-9H2,1H3. The Morgan fingerprint density at radius 2 is 2.22 bits per heavy atom. The topological polar surface area (TPSA) is 46.2 Å². The SMILES string of the molecule is CS(=O)(=O)c1cccc(F)c1CC1CCCNC1. The van der Waals surface area contributed by atoms with Crippen LogP contribution in [0.15, 0.2) is 23.1 Å². The molecule has 1 heterocycles. The molecular formula is C13H18FNO2S. The van der Waals surface area contributed by atoms with Crippen LogP contribution >= 0.6 is 0 Å². The summed E-state index contributed by atoms with van der Waals surface area (Å²) in [5.74, 6) is -0.0975. The number of halogens is 1. The highest BCUT2D eigenvalue weighted by Gasteiger charge is 2.21. The van der Waals surface area contributed by atoms with E-state index in [0.29, 0.717) is 17.9 Å². The first-order chi connectivity index (χ1) is 8.48. The van der Waals surface area contributed by atoms with Gasteiger partial charge in [0.05, 0.1) is 4.90 Å². The Morgan fingerprint density at radius 3 is 2.83 bits per heavy atom. The Kier molecular flexibility index (Phi) is 4.02. The van der Waals surface area contributed by atoms with Crippen molar-refractivity contribution in [2.45, 2.75) is 24.2 Å². The molecule has 0 amide bonds. The fourth-order valence-corrected chi connectivity index (χ4v) is 3.43. The van der Waals surface area contributed by atoms with E-state index in [4.69, 9.17) is 0 Å². The van der Waals surface area contributed by atoms with Crippen LogP contribution in [0.1, 0.15) is 18.4 Å². The molecule has 3 nitrogen and oxygen atoms in total. The van der Waals surface area contributed by atoms with Gasteiger partial charge in [0, 0.05) is 11.8 Å². The molecule has 1 aromatic rings. The minimum atomic E-state index is -3.37. The van der Waals surface area contributed by atoms with Gasteiger partial charge in [-0.2, -0.15) is 0 Å². The van der Waals surface area contributed by atoms with Gasteiger partial charge in [-0.05, 0) is 50.4 Å². The van der Waals surface area contributed by atoms with Crippen molar-refractivity contribution in [2.75, 3.05) is 19.3 Å². The second-order valence-corrected chi connectivity index (χ2v) is 6.89. The summed E-state index contributed by atoms with van der Waals surface area (Å²) in [5, 5.41) is 3.26. The van der Waals surface area contributed by atoms with Crippen LogP contribution in [0.25, 0.3) is 0 Å². The molecule has 1 saturated heterocycles. The third-order valence-electron chi connectivity index (χ3n) is 3.37. The van der Waals surface area contributed by atoms with Crippen LogP contribution in [0, 0.1) is 11.7 Å². The molecule has 100 valence electrons. The molecule has 0 saturated carbocycles. The molecule has 0 radical (unpaired) electrons. The number of rotatable bonds is 3. The Bertz CT molecular complexity index is 522. The zero-order valence-electron chi connectivity index (χ0n) is 10.4. The molecule has 1 aliphatic heterocycles. The van der Waals surface area contributed by atoms with Crippen molar-refractivity contribution >= 4 is 9.84 Å². The van der Waals surface area contributed by atoms with Gasteiger partial charge in [0.1, 0.15) is 5.82 Å². The summed E-state index contributed by atoms with van der Waals surface area (Å²) < 4.78 is 37.2. The quantitative estimate of drug-likeness (QED) is 0.911. The molecule has 0 bridgehead atoms. The summed E-state index contributed by atoms with van der Waals surface area (Å²) >= 11 is 0. The zero-order valence-corrected chi connectivity index (χ0v) is 11.3. The van der Waals surface area contributed by atoms with Crippen molar-refractivity contribution in [1.82, 2.24) is 5.32 Å². The molecule has 0 spiro atoms. The third kappa shape index (κ3) is 3.09. The number of nitrogens with one attached hydrogen (secondary N) is 1. The molecule has 1 unspecified atom stereocenters. The van der Waals surface area contributed by atoms with Crippen molar-refractivity contribution in [3.8, 4) is 0 Å². The summed E-state index contributed by atoms with van der Waals surface area (Å²) in [4.78, 5) is 0.132. The first-order valence-corrected chi connectivity index (χ1v) is 8.06. The lowest BCUT2D eigenvalue weighted by Gasteiger charge is -2.23. The molecule has 0 aliphatic carbocycles. The van der Waals surface area contributed by atoms with Crippen molar-refractivity contribution in [3.05, 3.63) is 29.6 Å². The molecule has 18 heavy (non-hydrogen) atoms. The molecule has 1 atom stereocenters. The number of sulfone groups is 1. The predicted molar refractivity (Wildman–Crippen MR) is 68.8 cm³/mol. The van der Waals surface area contributed by atoms with E-state index in [9.17, 15) is 12.8 Å². The Balaban J connectivity index is 2.31. The summed E-state index contributed by atoms with van der Waals surface area (Å²) in [6.07, 6.45) is 3.70. The van der Waals surface area contributed by atoms with Gasteiger partial charge in [-0.1, -0.05) is 6.07 Å². The van der Waals surface area contributed by atoms with Gasteiger partial charge in [0.25, 0.3) is 0 Å². The molecule has 1 aromatic carbocycles. The maximum Gasteiger partial charge on any atom is 0.175 e. The molecule has 1 N–H and O–H groups in total. The highest BCUT2D eigenvalue weighted by atomic mass is 32.2. The lowest BCUT2D eigenvalue weighted by atomic mass is 9.92. The first-order valence-electron chi connectivity index (χ1n) is 6.16. The number of benzene rings is 1. The minimum Gasteiger partial charge on any atom is -0.316 e. The van der Waals surface area contributed by atoms with Crippen molar-refractivity contribution < 1.29 is 12.8 Å². The van der Waals surface area contributed by atoms with Gasteiger partial charge in [-0.25, -0.2) is 12.8 Å². The van der Waals surface area contributed by atoms with Gasteiger partial charge < -0.3 is 5.32 Å². The maximum atomic E-state index is 13.9. The third-order valence-corrected chi connectivity index (χ3v) is 4.55. The van der Waals surface area contributed by atoms with Crippen LogP contribution in [0.2, 0.25) is 0 Å². The number of hydrogen-bond donors (Lipinski definition) is 1. The van der Waals surface area contributed by atoms with Crippen LogP contribution in [-0.4, -0.2) is 27.8 Å². The van der Waals surface area contributed by atoms with E-state index in [1.54, 1.807) is 0 Å². The molecule has 2 rings (SSSR count).